The monoisotopic (exact) mass is 261 g/mol. The molecule has 4 heteroatoms. The minimum Gasteiger partial charge on any atom is -0.370 e. The van der Waals surface area contributed by atoms with E-state index in [4.69, 9.17) is 17.4 Å². The van der Waals surface area contributed by atoms with Crippen LogP contribution in [0.15, 0.2) is 35.1 Å². The zero-order valence-corrected chi connectivity index (χ0v) is 10.9. The van der Waals surface area contributed by atoms with E-state index in [1.807, 2.05) is 24.3 Å². The molecular weight excluding hydrogens is 246 g/mol. The van der Waals surface area contributed by atoms with Crippen LogP contribution >= 0.6 is 11.6 Å². The van der Waals surface area contributed by atoms with Crippen LogP contribution in [0.2, 0.25) is 5.02 Å². The Balaban J connectivity index is 2.02. The van der Waals surface area contributed by atoms with Crippen molar-refractivity contribution in [3.8, 4) is 0 Å². The first kappa shape index (κ1) is 11.6. The van der Waals surface area contributed by atoms with Gasteiger partial charge in [-0.1, -0.05) is 29.8 Å². The van der Waals surface area contributed by atoms with E-state index in [1.54, 1.807) is 0 Å². The first-order chi connectivity index (χ1) is 8.79. The molecular formula is C14H16ClN3. The minimum atomic E-state index is 0.522. The molecule has 3 saturated heterocycles. The standard InChI is InChI=1S/C14H16ClN3/c15-12-4-2-1-3-11(12)9-13-14(17-16)10-5-7-18(13)8-6-10/h1-4,9-10H,5-8,16H2/b13-9+,17-14?. The number of nitrogens with zero attached hydrogens (tertiary/aromatic N) is 2. The summed E-state index contributed by atoms with van der Waals surface area (Å²) in [5.41, 5.74) is 3.21. The third kappa shape index (κ3) is 1.89. The number of nitrogens with two attached hydrogens (primary N) is 1. The molecule has 0 atom stereocenters. The zero-order valence-electron chi connectivity index (χ0n) is 10.1. The second kappa shape index (κ2) is 4.65. The predicted molar refractivity (Wildman–Crippen MR) is 75.3 cm³/mol. The maximum absolute atomic E-state index is 6.20. The van der Waals surface area contributed by atoms with Crippen LogP contribution in [-0.4, -0.2) is 23.7 Å². The van der Waals surface area contributed by atoms with Gasteiger partial charge >= 0.3 is 0 Å². The Morgan fingerprint density at radius 2 is 2.00 bits per heavy atom. The van der Waals surface area contributed by atoms with Crippen molar-refractivity contribution >= 4 is 23.4 Å². The smallest absolute Gasteiger partial charge is 0.0865 e. The van der Waals surface area contributed by atoms with Crippen LogP contribution in [0, 0.1) is 5.92 Å². The quantitative estimate of drug-likeness (QED) is 0.624. The van der Waals surface area contributed by atoms with E-state index in [1.165, 1.54) is 0 Å². The van der Waals surface area contributed by atoms with Crippen LogP contribution in [0.3, 0.4) is 0 Å². The molecule has 2 N–H and O–H groups in total. The molecule has 1 aromatic rings. The highest BCUT2D eigenvalue weighted by Crippen LogP contribution is 2.33. The molecule has 0 unspecified atom stereocenters. The Kier molecular flexibility index (Phi) is 3.00. The highest BCUT2D eigenvalue weighted by Gasteiger charge is 2.34. The minimum absolute atomic E-state index is 0.522. The molecule has 0 aliphatic carbocycles. The first-order valence-corrected chi connectivity index (χ1v) is 6.66. The number of hydrogen-bond acceptors (Lipinski definition) is 3. The predicted octanol–water partition coefficient (Wildman–Crippen LogP) is 2.72. The van der Waals surface area contributed by atoms with Gasteiger partial charge in [0.15, 0.2) is 0 Å². The summed E-state index contributed by atoms with van der Waals surface area (Å²) >= 11 is 6.20. The van der Waals surface area contributed by atoms with Crippen LogP contribution < -0.4 is 5.84 Å². The molecule has 94 valence electrons. The topological polar surface area (TPSA) is 41.6 Å². The molecule has 3 fully saturated rings. The van der Waals surface area contributed by atoms with Crippen LogP contribution in [0.4, 0.5) is 0 Å². The molecule has 3 heterocycles. The first-order valence-electron chi connectivity index (χ1n) is 6.29. The third-order valence-corrected chi connectivity index (χ3v) is 4.17. The molecule has 2 bridgehead atoms. The van der Waals surface area contributed by atoms with E-state index in [0.717, 1.165) is 47.9 Å². The Morgan fingerprint density at radius 1 is 1.28 bits per heavy atom. The largest absolute Gasteiger partial charge is 0.370 e. The number of halogens is 1. The summed E-state index contributed by atoms with van der Waals surface area (Å²) < 4.78 is 0. The van der Waals surface area contributed by atoms with Crippen LogP contribution in [-0.2, 0) is 0 Å². The van der Waals surface area contributed by atoms with Gasteiger partial charge in [-0.3, -0.25) is 0 Å². The van der Waals surface area contributed by atoms with Gasteiger partial charge in [0.05, 0.1) is 11.4 Å². The van der Waals surface area contributed by atoms with E-state index in [9.17, 15) is 0 Å². The number of benzene rings is 1. The highest BCUT2D eigenvalue weighted by atomic mass is 35.5. The van der Waals surface area contributed by atoms with Crippen molar-refractivity contribution in [2.24, 2.45) is 16.9 Å². The lowest BCUT2D eigenvalue weighted by Gasteiger charge is -2.43. The van der Waals surface area contributed by atoms with E-state index < -0.39 is 0 Å². The number of allylic oxidation sites excluding steroid dienone is 1. The Hall–Kier alpha value is -1.48. The average Bonchev–Trinajstić information content (AvgIpc) is 2.42. The molecule has 18 heavy (non-hydrogen) atoms. The van der Waals surface area contributed by atoms with Gasteiger partial charge in [-0.05, 0) is 30.5 Å². The number of piperidine rings is 3. The fourth-order valence-corrected chi connectivity index (χ4v) is 3.03. The van der Waals surface area contributed by atoms with Gasteiger partial charge in [-0.25, -0.2) is 0 Å². The van der Waals surface area contributed by atoms with Crippen LogP contribution in [0.25, 0.3) is 6.08 Å². The third-order valence-electron chi connectivity index (χ3n) is 3.82. The van der Waals surface area contributed by atoms with E-state index in [2.05, 4.69) is 16.1 Å². The Labute approximate surface area is 112 Å². The van der Waals surface area contributed by atoms with E-state index in [-0.39, 0.29) is 0 Å². The number of hydrazone groups is 1. The maximum Gasteiger partial charge on any atom is 0.0865 e. The van der Waals surface area contributed by atoms with Gasteiger partial charge in [-0.15, -0.1) is 0 Å². The molecule has 4 rings (SSSR count). The van der Waals surface area contributed by atoms with Gasteiger partial charge in [-0.2, -0.15) is 5.10 Å². The van der Waals surface area contributed by atoms with E-state index >= 15 is 0 Å². The SMILES string of the molecule is NN=C1/C(=C\c2ccccc2Cl)N2CCC1CC2. The van der Waals surface area contributed by atoms with Crippen LogP contribution in [0.1, 0.15) is 18.4 Å². The Morgan fingerprint density at radius 3 is 2.67 bits per heavy atom. The summed E-state index contributed by atoms with van der Waals surface area (Å²) in [6.45, 7) is 2.19. The van der Waals surface area contributed by atoms with Crippen molar-refractivity contribution in [2.75, 3.05) is 13.1 Å². The number of rotatable bonds is 1. The van der Waals surface area contributed by atoms with Crippen molar-refractivity contribution < 1.29 is 0 Å². The number of hydrogen-bond donors (Lipinski definition) is 1. The van der Waals surface area contributed by atoms with Crippen molar-refractivity contribution in [1.29, 1.82) is 0 Å². The van der Waals surface area contributed by atoms with Crippen molar-refractivity contribution in [1.82, 2.24) is 4.90 Å². The van der Waals surface area contributed by atoms with E-state index in [0.29, 0.717) is 5.92 Å². The van der Waals surface area contributed by atoms with Crippen LogP contribution in [0.5, 0.6) is 0 Å². The zero-order chi connectivity index (χ0) is 12.5. The number of fused-ring (bicyclic) bond motifs is 3. The summed E-state index contributed by atoms with van der Waals surface area (Å²) in [6, 6.07) is 7.86. The summed E-state index contributed by atoms with van der Waals surface area (Å²) in [5, 5.41) is 4.77. The summed E-state index contributed by atoms with van der Waals surface area (Å²) in [4.78, 5) is 2.36. The highest BCUT2D eigenvalue weighted by molar-refractivity contribution is 6.32. The second-order valence-electron chi connectivity index (χ2n) is 4.83. The van der Waals surface area contributed by atoms with Gasteiger partial charge in [0.1, 0.15) is 0 Å². The van der Waals surface area contributed by atoms with Gasteiger partial charge in [0.2, 0.25) is 0 Å². The van der Waals surface area contributed by atoms with Crippen molar-refractivity contribution in [2.45, 2.75) is 12.8 Å². The molecule has 0 amide bonds. The molecule has 3 nitrogen and oxygen atoms in total. The van der Waals surface area contributed by atoms with Gasteiger partial charge < -0.3 is 10.7 Å². The van der Waals surface area contributed by atoms with Gasteiger partial charge in [0, 0.05) is 24.0 Å². The summed E-state index contributed by atoms with van der Waals surface area (Å²) in [5.74, 6) is 6.08. The van der Waals surface area contributed by atoms with Gasteiger partial charge in [0.25, 0.3) is 0 Å². The molecule has 1 aromatic carbocycles. The lowest BCUT2D eigenvalue weighted by Crippen LogP contribution is -2.46. The molecule has 0 radical (unpaired) electrons. The average molecular weight is 262 g/mol. The second-order valence-corrected chi connectivity index (χ2v) is 5.23. The lowest BCUT2D eigenvalue weighted by atomic mass is 9.83. The summed E-state index contributed by atoms with van der Waals surface area (Å²) in [6.07, 6.45) is 4.44. The maximum atomic E-state index is 6.20. The van der Waals surface area contributed by atoms with Crippen molar-refractivity contribution in [3.63, 3.8) is 0 Å². The molecule has 3 aliphatic heterocycles. The van der Waals surface area contributed by atoms with Crippen molar-refractivity contribution in [3.05, 3.63) is 40.5 Å². The lowest BCUT2D eigenvalue weighted by molar-refractivity contribution is 0.242. The molecule has 0 spiro atoms. The normalized spacial score (nSPS) is 24.2. The fraction of sp³-hybridized carbons (Fsp3) is 0.357. The summed E-state index contributed by atoms with van der Waals surface area (Å²) in [7, 11) is 0. The Bertz CT molecular complexity index is 514. The molecule has 0 saturated carbocycles. The molecule has 3 aliphatic rings. The fourth-order valence-electron chi connectivity index (χ4n) is 2.84. The molecule has 0 aromatic heterocycles.